The molecular weight excluding hydrogens is 156 g/mol. The summed E-state index contributed by atoms with van der Waals surface area (Å²) in [6.45, 7) is 2.22. The summed E-state index contributed by atoms with van der Waals surface area (Å²) in [5.74, 6) is 0. The summed E-state index contributed by atoms with van der Waals surface area (Å²) < 4.78 is 0. The third-order valence-corrected chi connectivity index (χ3v) is 4.10. The molecule has 0 aromatic rings. The minimum Gasteiger partial charge on any atom is -0.0765 e. The van der Waals surface area contributed by atoms with Crippen molar-refractivity contribution in [3.8, 4) is 0 Å². The molecule has 0 unspecified atom stereocenters. The van der Waals surface area contributed by atoms with E-state index >= 15 is 0 Å². The van der Waals surface area contributed by atoms with E-state index < -0.39 is 0 Å². The maximum absolute atomic E-state index is 2.49. The van der Waals surface area contributed by atoms with Gasteiger partial charge in [-0.1, -0.05) is 48.8 Å². The second-order valence-electron chi connectivity index (χ2n) is 4.84. The molecule has 0 radical (unpaired) electrons. The normalized spacial score (nSPS) is 46.1. The first-order valence-corrected chi connectivity index (χ1v) is 5.36. The molecule has 0 nitrogen and oxygen atoms in total. The van der Waals surface area contributed by atoms with E-state index in [9.17, 15) is 0 Å². The van der Waals surface area contributed by atoms with Crippen molar-refractivity contribution in [3.63, 3.8) is 0 Å². The van der Waals surface area contributed by atoms with Crippen molar-refractivity contribution in [2.75, 3.05) is 0 Å². The van der Waals surface area contributed by atoms with Crippen LogP contribution in [0.1, 0.15) is 32.6 Å². The highest BCUT2D eigenvalue weighted by atomic mass is 14.6. The predicted molar refractivity (Wildman–Crippen MR) is 55.4 cm³/mol. The fourth-order valence-corrected chi connectivity index (χ4v) is 3.26. The zero-order valence-electron chi connectivity index (χ0n) is 8.22. The Morgan fingerprint density at radius 2 is 1.69 bits per heavy atom. The third kappa shape index (κ3) is 0.769. The van der Waals surface area contributed by atoms with Gasteiger partial charge in [-0.05, 0) is 19.8 Å². The Labute approximate surface area is 80.0 Å². The van der Waals surface area contributed by atoms with Gasteiger partial charge in [-0.2, -0.15) is 0 Å². The lowest BCUT2D eigenvalue weighted by molar-refractivity contribution is 0.134. The first-order chi connectivity index (χ1) is 6.27. The quantitative estimate of drug-likeness (QED) is 0.489. The van der Waals surface area contributed by atoms with Gasteiger partial charge in [0, 0.05) is 10.8 Å². The Kier molecular flexibility index (Phi) is 1.27. The average Bonchev–Trinajstić information content (AvgIpc) is 2.11. The largest absolute Gasteiger partial charge is 0.0765 e. The molecule has 2 atom stereocenters. The lowest BCUT2D eigenvalue weighted by Gasteiger charge is -2.56. The highest BCUT2D eigenvalue weighted by Crippen LogP contribution is 2.62. The minimum absolute atomic E-state index is 0.435. The number of allylic oxidation sites excluding steroid dienone is 6. The maximum atomic E-state index is 2.49. The lowest BCUT2D eigenvalue weighted by atomic mass is 9.47. The third-order valence-electron chi connectivity index (χ3n) is 4.10. The summed E-state index contributed by atoms with van der Waals surface area (Å²) >= 11 is 0. The van der Waals surface area contributed by atoms with Crippen molar-refractivity contribution in [1.29, 1.82) is 0 Å². The van der Waals surface area contributed by atoms with Crippen molar-refractivity contribution >= 4 is 0 Å². The van der Waals surface area contributed by atoms with Crippen molar-refractivity contribution in [2.24, 2.45) is 10.8 Å². The van der Waals surface area contributed by atoms with Crippen LogP contribution in [0.15, 0.2) is 36.0 Å². The van der Waals surface area contributed by atoms with Crippen LogP contribution < -0.4 is 0 Å². The van der Waals surface area contributed by atoms with Crippen LogP contribution in [0.25, 0.3) is 0 Å². The van der Waals surface area contributed by atoms with E-state index in [1.165, 1.54) is 31.3 Å². The molecule has 0 N–H and O–H groups in total. The minimum atomic E-state index is 0.435. The summed E-state index contributed by atoms with van der Waals surface area (Å²) in [7, 11) is 0. The standard InChI is InChI=1S/C13H16/c1-11-4-7-12-5-2-3-6-13(12,10-11)9-8-12/h4,7-10H,2-3,5-6H2,1H3/t12-,13-/m0/s1. The van der Waals surface area contributed by atoms with E-state index in [1.807, 2.05) is 0 Å². The molecule has 0 saturated heterocycles. The molecule has 3 rings (SSSR count). The summed E-state index contributed by atoms with van der Waals surface area (Å²) in [6.07, 6.45) is 17.6. The zero-order chi connectivity index (χ0) is 8.94. The van der Waals surface area contributed by atoms with Crippen LogP contribution in [0.2, 0.25) is 0 Å². The molecule has 0 heteroatoms. The second kappa shape index (κ2) is 2.17. The van der Waals surface area contributed by atoms with Crippen molar-refractivity contribution in [2.45, 2.75) is 32.6 Å². The van der Waals surface area contributed by atoms with Crippen molar-refractivity contribution in [3.05, 3.63) is 36.0 Å². The smallest absolute Gasteiger partial charge is 0.0193 e. The van der Waals surface area contributed by atoms with Gasteiger partial charge in [0.15, 0.2) is 0 Å². The first-order valence-electron chi connectivity index (χ1n) is 5.36. The summed E-state index contributed by atoms with van der Waals surface area (Å²) in [4.78, 5) is 0. The van der Waals surface area contributed by atoms with Gasteiger partial charge in [0.2, 0.25) is 0 Å². The van der Waals surface area contributed by atoms with Crippen LogP contribution in [0.5, 0.6) is 0 Å². The zero-order valence-corrected chi connectivity index (χ0v) is 8.22. The Balaban J connectivity index is 2.11. The van der Waals surface area contributed by atoms with Crippen LogP contribution in [0, 0.1) is 10.8 Å². The van der Waals surface area contributed by atoms with Gasteiger partial charge in [-0.25, -0.2) is 0 Å². The molecule has 1 fully saturated rings. The Morgan fingerprint density at radius 1 is 1.00 bits per heavy atom. The average molecular weight is 172 g/mol. The van der Waals surface area contributed by atoms with E-state index in [1.54, 1.807) is 0 Å². The van der Waals surface area contributed by atoms with Crippen LogP contribution in [0.4, 0.5) is 0 Å². The SMILES string of the molecule is CC1=C[C@]23C=C[C@@]2(C=C1)CCCC3. The molecule has 13 heavy (non-hydrogen) atoms. The van der Waals surface area contributed by atoms with E-state index in [-0.39, 0.29) is 0 Å². The number of rotatable bonds is 0. The van der Waals surface area contributed by atoms with E-state index in [0.717, 1.165) is 0 Å². The molecule has 0 aliphatic heterocycles. The van der Waals surface area contributed by atoms with Crippen molar-refractivity contribution < 1.29 is 0 Å². The van der Waals surface area contributed by atoms with Crippen LogP contribution in [0.3, 0.4) is 0 Å². The van der Waals surface area contributed by atoms with Crippen molar-refractivity contribution in [1.82, 2.24) is 0 Å². The molecule has 0 bridgehead atoms. The number of hydrogen-bond donors (Lipinski definition) is 0. The van der Waals surface area contributed by atoms with Gasteiger partial charge in [-0.15, -0.1) is 0 Å². The first kappa shape index (κ1) is 7.61. The van der Waals surface area contributed by atoms with E-state index in [0.29, 0.717) is 10.8 Å². The Bertz CT molecular complexity index is 332. The fraction of sp³-hybridized carbons (Fsp3) is 0.538. The molecule has 1 saturated carbocycles. The second-order valence-corrected chi connectivity index (χ2v) is 4.84. The molecule has 0 heterocycles. The fourth-order valence-electron chi connectivity index (χ4n) is 3.26. The molecule has 0 amide bonds. The van der Waals surface area contributed by atoms with Gasteiger partial charge in [0.05, 0.1) is 0 Å². The lowest BCUT2D eigenvalue weighted by Crippen LogP contribution is -2.46. The molecule has 68 valence electrons. The van der Waals surface area contributed by atoms with Gasteiger partial charge in [-0.3, -0.25) is 0 Å². The predicted octanol–water partition coefficient (Wildman–Crippen LogP) is 3.62. The highest BCUT2D eigenvalue weighted by molar-refractivity contribution is 5.45. The summed E-state index contributed by atoms with van der Waals surface area (Å²) in [5, 5.41) is 0. The summed E-state index contributed by atoms with van der Waals surface area (Å²) in [6, 6.07) is 0. The molecule has 0 aromatic heterocycles. The summed E-state index contributed by atoms with van der Waals surface area (Å²) in [5.41, 5.74) is 2.32. The Morgan fingerprint density at radius 3 is 2.38 bits per heavy atom. The van der Waals surface area contributed by atoms with Crippen LogP contribution in [-0.2, 0) is 0 Å². The Hall–Kier alpha value is -0.780. The number of hydrogen-bond acceptors (Lipinski definition) is 0. The topological polar surface area (TPSA) is 0 Å². The highest BCUT2D eigenvalue weighted by Gasteiger charge is 2.53. The molecule has 0 aromatic carbocycles. The van der Waals surface area contributed by atoms with Crippen LogP contribution >= 0.6 is 0 Å². The molecule has 0 spiro atoms. The van der Waals surface area contributed by atoms with E-state index in [2.05, 4.69) is 37.3 Å². The van der Waals surface area contributed by atoms with E-state index in [4.69, 9.17) is 0 Å². The maximum Gasteiger partial charge on any atom is 0.0193 e. The monoisotopic (exact) mass is 172 g/mol. The molecular formula is C13H16. The van der Waals surface area contributed by atoms with Gasteiger partial charge >= 0.3 is 0 Å². The van der Waals surface area contributed by atoms with Gasteiger partial charge in [0.25, 0.3) is 0 Å². The molecule has 3 aliphatic rings. The molecule has 3 aliphatic carbocycles. The van der Waals surface area contributed by atoms with Crippen LogP contribution in [-0.4, -0.2) is 0 Å². The van der Waals surface area contributed by atoms with Gasteiger partial charge < -0.3 is 0 Å². The van der Waals surface area contributed by atoms with Gasteiger partial charge in [0.1, 0.15) is 0 Å².